The Balaban J connectivity index is 1.53. The summed E-state index contributed by atoms with van der Waals surface area (Å²) in [5.41, 5.74) is 2.35. The Kier molecular flexibility index (Phi) is 6.19. The predicted octanol–water partition coefficient (Wildman–Crippen LogP) is 4.41. The fourth-order valence-corrected chi connectivity index (χ4v) is 6.66. The van der Waals surface area contributed by atoms with Gasteiger partial charge in [0.15, 0.2) is 0 Å². The third-order valence-electron chi connectivity index (χ3n) is 6.15. The molecule has 0 aliphatic carbocycles. The third kappa shape index (κ3) is 4.13. The zero-order chi connectivity index (χ0) is 21.3. The van der Waals surface area contributed by atoms with Gasteiger partial charge < -0.3 is 4.90 Å². The SMILES string of the molecule is Cc1cccc(C2CCCN2C(=O)C2CCCN(S(=O)(=O)c3ccccc3Cl)C2)c1. The van der Waals surface area contributed by atoms with E-state index in [0.717, 1.165) is 24.9 Å². The number of carbonyl (C=O) groups is 1. The first-order chi connectivity index (χ1) is 14.4. The van der Waals surface area contributed by atoms with Gasteiger partial charge in [-0.15, -0.1) is 0 Å². The fraction of sp³-hybridized carbons (Fsp3) is 0.435. The maximum atomic E-state index is 13.4. The molecule has 1 amide bonds. The van der Waals surface area contributed by atoms with Gasteiger partial charge in [-0.1, -0.05) is 53.6 Å². The normalized spacial score (nSPS) is 22.9. The van der Waals surface area contributed by atoms with Gasteiger partial charge in [0.2, 0.25) is 15.9 Å². The van der Waals surface area contributed by atoms with Crippen LogP contribution >= 0.6 is 11.6 Å². The van der Waals surface area contributed by atoms with E-state index in [-0.39, 0.29) is 34.3 Å². The molecule has 2 fully saturated rings. The van der Waals surface area contributed by atoms with Crippen molar-refractivity contribution in [2.45, 2.75) is 43.5 Å². The second-order valence-electron chi connectivity index (χ2n) is 8.24. The van der Waals surface area contributed by atoms with E-state index in [2.05, 4.69) is 25.1 Å². The summed E-state index contributed by atoms with van der Waals surface area (Å²) in [7, 11) is -3.72. The molecule has 2 heterocycles. The summed E-state index contributed by atoms with van der Waals surface area (Å²) in [6.45, 7) is 3.41. The van der Waals surface area contributed by atoms with E-state index in [4.69, 9.17) is 11.6 Å². The first kappa shape index (κ1) is 21.3. The van der Waals surface area contributed by atoms with E-state index in [1.807, 2.05) is 11.0 Å². The van der Waals surface area contributed by atoms with Gasteiger partial charge in [-0.25, -0.2) is 8.42 Å². The molecule has 2 unspecified atom stereocenters. The number of amides is 1. The molecular formula is C23H27ClN2O3S. The Bertz CT molecular complexity index is 1040. The highest BCUT2D eigenvalue weighted by Crippen LogP contribution is 2.35. The minimum atomic E-state index is -3.72. The van der Waals surface area contributed by atoms with Crippen LogP contribution in [0.25, 0.3) is 0 Å². The molecule has 0 bridgehead atoms. The van der Waals surface area contributed by atoms with E-state index < -0.39 is 10.0 Å². The number of rotatable bonds is 4. The summed E-state index contributed by atoms with van der Waals surface area (Å²) in [5, 5.41) is 0.213. The maximum absolute atomic E-state index is 13.4. The number of benzene rings is 2. The molecule has 2 aromatic carbocycles. The van der Waals surface area contributed by atoms with Crippen molar-refractivity contribution in [1.29, 1.82) is 0 Å². The smallest absolute Gasteiger partial charge is 0.244 e. The van der Waals surface area contributed by atoms with E-state index in [1.54, 1.807) is 18.2 Å². The molecule has 4 rings (SSSR count). The lowest BCUT2D eigenvalue weighted by Crippen LogP contribution is -2.46. The van der Waals surface area contributed by atoms with Crippen molar-refractivity contribution >= 4 is 27.5 Å². The minimum Gasteiger partial charge on any atom is -0.335 e. The number of halogens is 1. The molecule has 0 spiro atoms. The molecule has 2 aromatic rings. The van der Waals surface area contributed by atoms with E-state index in [1.165, 1.54) is 15.9 Å². The predicted molar refractivity (Wildman–Crippen MR) is 118 cm³/mol. The van der Waals surface area contributed by atoms with Gasteiger partial charge in [0.1, 0.15) is 4.90 Å². The zero-order valence-electron chi connectivity index (χ0n) is 17.1. The largest absolute Gasteiger partial charge is 0.335 e. The number of sulfonamides is 1. The van der Waals surface area contributed by atoms with Crippen LogP contribution in [0.3, 0.4) is 0 Å². The average molecular weight is 447 g/mol. The monoisotopic (exact) mass is 446 g/mol. The molecule has 2 atom stereocenters. The van der Waals surface area contributed by atoms with E-state index in [9.17, 15) is 13.2 Å². The van der Waals surface area contributed by atoms with Gasteiger partial charge in [0, 0.05) is 19.6 Å². The van der Waals surface area contributed by atoms with Crippen LogP contribution in [-0.2, 0) is 14.8 Å². The van der Waals surface area contributed by atoms with Gasteiger partial charge in [0.05, 0.1) is 17.0 Å². The molecule has 5 nitrogen and oxygen atoms in total. The molecule has 0 saturated carbocycles. The molecule has 2 saturated heterocycles. The number of piperidine rings is 1. The van der Waals surface area contributed by atoms with Crippen molar-refractivity contribution in [1.82, 2.24) is 9.21 Å². The minimum absolute atomic E-state index is 0.0677. The zero-order valence-corrected chi connectivity index (χ0v) is 18.7. The highest BCUT2D eigenvalue weighted by molar-refractivity contribution is 7.89. The van der Waals surface area contributed by atoms with Gasteiger partial charge in [0.25, 0.3) is 0 Å². The summed E-state index contributed by atoms with van der Waals surface area (Å²) in [5.74, 6) is -0.250. The highest BCUT2D eigenvalue weighted by atomic mass is 35.5. The van der Waals surface area contributed by atoms with Gasteiger partial charge in [-0.2, -0.15) is 4.31 Å². The molecule has 0 N–H and O–H groups in total. The lowest BCUT2D eigenvalue weighted by atomic mass is 9.96. The van der Waals surface area contributed by atoms with Crippen LogP contribution in [0.15, 0.2) is 53.4 Å². The molecule has 0 radical (unpaired) electrons. The Labute approximate surface area is 183 Å². The highest BCUT2D eigenvalue weighted by Gasteiger charge is 2.39. The molecule has 7 heteroatoms. The van der Waals surface area contributed by atoms with Crippen molar-refractivity contribution < 1.29 is 13.2 Å². The third-order valence-corrected chi connectivity index (χ3v) is 8.52. The average Bonchev–Trinajstić information content (AvgIpc) is 3.23. The van der Waals surface area contributed by atoms with Crippen LogP contribution in [0.2, 0.25) is 5.02 Å². The quantitative estimate of drug-likeness (QED) is 0.698. The molecule has 160 valence electrons. The molecule has 2 aliphatic heterocycles. The second kappa shape index (κ2) is 8.69. The Hall–Kier alpha value is -1.89. The van der Waals surface area contributed by atoms with Crippen molar-refractivity contribution in [2.75, 3.05) is 19.6 Å². The van der Waals surface area contributed by atoms with E-state index in [0.29, 0.717) is 19.4 Å². The molecule has 2 aliphatic rings. The Morgan fingerprint density at radius 3 is 2.57 bits per heavy atom. The van der Waals surface area contributed by atoms with E-state index >= 15 is 0 Å². The number of aryl methyl sites for hydroxylation is 1. The van der Waals surface area contributed by atoms with Crippen molar-refractivity contribution in [3.05, 3.63) is 64.7 Å². The van der Waals surface area contributed by atoms with Gasteiger partial charge >= 0.3 is 0 Å². The summed E-state index contributed by atoms with van der Waals surface area (Å²) < 4.78 is 27.7. The van der Waals surface area contributed by atoms with Crippen LogP contribution in [0.4, 0.5) is 0 Å². The lowest BCUT2D eigenvalue weighted by molar-refractivity contribution is -0.137. The second-order valence-corrected chi connectivity index (χ2v) is 10.5. The maximum Gasteiger partial charge on any atom is 0.244 e. The fourth-order valence-electron chi connectivity index (χ4n) is 4.64. The molecule has 30 heavy (non-hydrogen) atoms. The number of carbonyl (C=O) groups excluding carboxylic acids is 1. The number of hydrogen-bond acceptors (Lipinski definition) is 3. The summed E-state index contributed by atoms with van der Waals surface area (Å²) in [6, 6.07) is 14.9. The Morgan fingerprint density at radius 1 is 1.03 bits per heavy atom. The first-order valence-corrected chi connectivity index (χ1v) is 12.3. The number of nitrogens with zero attached hydrogens (tertiary/aromatic N) is 2. The van der Waals surface area contributed by atoms with Crippen LogP contribution in [0, 0.1) is 12.8 Å². The number of hydrogen-bond donors (Lipinski definition) is 0. The van der Waals surface area contributed by atoms with Crippen molar-refractivity contribution in [3.63, 3.8) is 0 Å². The Morgan fingerprint density at radius 2 is 1.80 bits per heavy atom. The van der Waals surface area contributed by atoms with Crippen LogP contribution in [0.1, 0.15) is 42.9 Å². The standard InChI is InChI=1S/C23H27ClN2O3S/c1-17-7-4-8-18(15-17)21-11-6-14-26(21)23(27)19-9-5-13-25(16-19)30(28,29)22-12-3-2-10-20(22)24/h2-4,7-8,10,12,15,19,21H,5-6,9,11,13-14,16H2,1H3. The summed E-state index contributed by atoms with van der Waals surface area (Å²) >= 11 is 6.15. The first-order valence-electron chi connectivity index (χ1n) is 10.5. The van der Waals surface area contributed by atoms with Gasteiger partial charge in [-0.05, 0) is 50.3 Å². The van der Waals surface area contributed by atoms with Crippen molar-refractivity contribution in [2.24, 2.45) is 5.92 Å². The summed E-state index contributed by atoms with van der Waals surface area (Å²) in [6.07, 6.45) is 3.30. The van der Waals surface area contributed by atoms with Crippen LogP contribution in [0.5, 0.6) is 0 Å². The van der Waals surface area contributed by atoms with Gasteiger partial charge in [-0.3, -0.25) is 4.79 Å². The topological polar surface area (TPSA) is 57.7 Å². The van der Waals surface area contributed by atoms with Crippen molar-refractivity contribution in [3.8, 4) is 0 Å². The van der Waals surface area contributed by atoms with Crippen LogP contribution < -0.4 is 0 Å². The lowest BCUT2D eigenvalue weighted by Gasteiger charge is -2.35. The molecule has 0 aromatic heterocycles. The van der Waals surface area contributed by atoms with Crippen LogP contribution in [-0.4, -0.2) is 43.2 Å². The summed E-state index contributed by atoms with van der Waals surface area (Å²) in [4.78, 5) is 15.5. The number of likely N-dealkylation sites (tertiary alicyclic amines) is 1. The molecular weight excluding hydrogens is 420 g/mol.